The minimum Gasteiger partial charge on any atom is -0.465 e. The average molecular weight is 570 g/mol. The van der Waals surface area contributed by atoms with Crippen molar-refractivity contribution >= 4 is 61.3 Å². The first-order valence-corrected chi connectivity index (χ1v) is 13.0. The number of hydrogen-bond acceptors (Lipinski definition) is 5. The summed E-state index contributed by atoms with van der Waals surface area (Å²) in [7, 11) is 1.38. The largest absolute Gasteiger partial charge is 0.465 e. The van der Waals surface area contributed by atoms with Gasteiger partial charge in [-0.3, -0.25) is 4.68 Å². The quantitative estimate of drug-likeness (QED) is 0.194. The number of methoxy groups -OCH3 is 1. The minimum atomic E-state index is -0.402. The van der Waals surface area contributed by atoms with E-state index in [1.165, 1.54) is 24.0 Å². The summed E-state index contributed by atoms with van der Waals surface area (Å²) in [5, 5.41) is 12.2. The zero-order chi connectivity index (χ0) is 24.9. The lowest BCUT2D eigenvalue weighted by molar-refractivity contribution is 0.0602. The predicted octanol–water partition coefficient (Wildman–Crippen LogP) is 6.56. The van der Waals surface area contributed by atoms with Gasteiger partial charge in [-0.05, 0) is 55.4 Å². The first kappa shape index (κ1) is 25.1. The van der Waals surface area contributed by atoms with Gasteiger partial charge in [0.15, 0.2) is 5.11 Å². The number of nitrogens with zero attached hydrogens (tertiary/aromatic N) is 2. The van der Waals surface area contributed by atoms with E-state index in [0.717, 1.165) is 38.4 Å². The van der Waals surface area contributed by atoms with Gasteiger partial charge in [0.1, 0.15) is 5.00 Å². The number of ether oxygens (including phenoxy) is 1. The van der Waals surface area contributed by atoms with E-state index in [4.69, 9.17) is 17.0 Å². The molecule has 0 unspecified atom stereocenters. The molecule has 0 saturated heterocycles. The van der Waals surface area contributed by atoms with Crippen molar-refractivity contribution in [3.8, 4) is 0 Å². The third-order valence-corrected chi connectivity index (χ3v) is 7.29. The van der Waals surface area contributed by atoms with Crippen molar-refractivity contribution in [2.24, 2.45) is 0 Å². The van der Waals surface area contributed by atoms with Crippen LogP contribution in [0, 0.1) is 13.8 Å². The molecule has 0 spiro atoms. The normalized spacial score (nSPS) is 10.7. The number of carbonyl (C=O) groups is 1. The van der Waals surface area contributed by atoms with Crippen LogP contribution in [-0.4, -0.2) is 28.0 Å². The van der Waals surface area contributed by atoms with E-state index in [-0.39, 0.29) is 0 Å². The first-order valence-electron chi connectivity index (χ1n) is 11.0. The minimum absolute atomic E-state index is 0.387. The van der Waals surface area contributed by atoms with Gasteiger partial charge in [0, 0.05) is 15.8 Å². The van der Waals surface area contributed by atoms with Crippen LogP contribution in [0.4, 0.5) is 10.7 Å². The number of anilines is 2. The zero-order valence-corrected chi connectivity index (χ0v) is 22.8. The molecule has 0 amide bonds. The molecule has 0 radical (unpaired) electrons. The molecule has 180 valence electrons. The molecule has 35 heavy (non-hydrogen) atoms. The maximum atomic E-state index is 12.4. The SMILES string of the molecule is COC(=O)c1cc(Cc2ccccc2)sc1NC(=S)Nc1c(C)nn(Cc2ccc(Br)cc2)c1C. The van der Waals surface area contributed by atoms with Crippen molar-refractivity contribution in [1.82, 2.24) is 9.78 Å². The monoisotopic (exact) mass is 568 g/mol. The summed E-state index contributed by atoms with van der Waals surface area (Å²) in [6.07, 6.45) is 0.721. The Bertz CT molecular complexity index is 1350. The third kappa shape index (κ3) is 6.17. The molecule has 0 aliphatic rings. The molecular formula is C26H25BrN4O2S2. The van der Waals surface area contributed by atoms with E-state index in [1.807, 2.05) is 54.9 Å². The fraction of sp³-hybridized carbons (Fsp3) is 0.192. The lowest BCUT2D eigenvalue weighted by atomic mass is 10.1. The predicted molar refractivity (Wildman–Crippen MR) is 150 cm³/mol. The van der Waals surface area contributed by atoms with Gasteiger partial charge in [-0.15, -0.1) is 11.3 Å². The van der Waals surface area contributed by atoms with Gasteiger partial charge in [0.25, 0.3) is 0 Å². The molecule has 0 atom stereocenters. The van der Waals surface area contributed by atoms with Crippen molar-refractivity contribution < 1.29 is 9.53 Å². The number of rotatable bonds is 7. The summed E-state index contributed by atoms with van der Waals surface area (Å²) in [4.78, 5) is 13.4. The van der Waals surface area contributed by atoms with Gasteiger partial charge in [0.05, 0.1) is 36.3 Å². The van der Waals surface area contributed by atoms with Crippen molar-refractivity contribution in [2.45, 2.75) is 26.8 Å². The Labute approximate surface area is 222 Å². The zero-order valence-electron chi connectivity index (χ0n) is 19.6. The van der Waals surface area contributed by atoms with Crippen molar-refractivity contribution in [3.63, 3.8) is 0 Å². The molecule has 4 rings (SSSR count). The number of hydrogen-bond donors (Lipinski definition) is 2. The van der Waals surface area contributed by atoms with Crippen molar-refractivity contribution in [1.29, 1.82) is 0 Å². The van der Waals surface area contributed by atoms with Crippen LogP contribution < -0.4 is 10.6 Å². The summed E-state index contributed by atoms with van der Waals surface area (Å²) in [6, 6.07) is 20.2. The van der Waals surface area contributed by atoms with Gasteiger partial charge < -0.3 is 15.4 Å². The maximum absolute atomic E-state index is 12.4. The first-order chi connectivity index (χ1) is 16.8. The van der Waals surface area contributed by atoms with Crippen LogP contribution >= 0.6 is 39.5 Å². The third-order valence-electron chi connectivity index (χ3n) is 5.50. The Kier molecular flexibility index (Phi) is 8.00. The Hall–Kier alpha value is -3.01. The molecule has 2 aromatic heterocycles. The molecular weight excluding hydrogens is 544 g/mol. The molecule has 6 nitrogen and oxygen atoms in total. The van der Waals surface area contributed by atoms with E-state index in [9.17, 15) is 4.79 Å². The molecule has 0 aliphatic carbocycles. The number of esters is 1. The Morgan fingerprint density at radius 3 is 2.49 bits per heavy atom. The molecule has 2 N–H and O–H groups in total. The van der Waals surface area contributed by atoms with Crippen molar-refractivity contribution in [3.05, 3.63) is 98.1 Å². The van der Waals surface area contributed by atoms with Crippen LogP contribution in [-0.2, 0) is 17.7 Å². The van der Waals surface area contributed by atoms with E-state index >= 15 is 0 Å². The van der Waals surface area contributed by atoms with E-state index in [1.54, 1.807) is 0 Å². The topological polar surface area (TPSA) is 68.2 Å². The second kappa shape index (κ2) is 11.2. The number of aryl methyl sites for hydroxylation is 1. The molecule has 9 heteroatoms. The molecule has 2 aromatic carbocycles. The standard InChI is InChI=1S/C26H25BrN4O2S2/c1-16-23(17(2)31(30-16)15-19-9-11-20(27)12-10-19)28-26(34)29-24-22(25(32)33-3)14-21(35-24)13-18-7-5-4-6-8-18/h4-12,14H,13,15H2,1-3H3,(H2,28,29,34). The number of aromatic nitrogens is 2. The molecule has 0 fully saturated rings. The van der Waals surface area contributed by atoms with Crippen LogP contribution in [0.1, 0.15) is 37.7 Å². The lowest BCUT2D eigenvalue weighted by Gasteiger charge is -2.11. The van der Waals surface area contributed by atoms with Crippen LogP contribution in [0.25, 0.3) is 0 Å². The van der Waals surface area contributed by atoms with Gasteiger partial charge in [-0.25, -0.2) is 4.79 Å². The van der Waals surface area contributed by atoms with Crippen LogP contribution in [0.2, 0.25) is 0 Å². The Balaban J connectivity index is 1.50. The number of carbonyl (C=O) groups excluding carboxylic acids is 1. The van der Waals surface area contributed by atoms with Gasteiger partial charge in [0.2, 0.25) is 0 Å². The summed E-state index contributed by atoms with van der Waals surface area (Å²) < 4.78 is 7.99. The number of halogens is 1. The van der Waals surface area contributed by atoms with E-state index in [0.29, 0.717) is 22.2 Å². The summed E-state index contributed by atoms with van der Waals surface area (Å²) in [5.41, 5.74) is 5.44. The Morgan fingerprint density at radius 1 is 1.09 bits per heavy atom. The molecule has 2 heterocycles. The fourth-order valence-corrected chi connectivity index (χ4v) is 5.34. The second-order valence-electron chi connectivity index (χ2n) is 8.02. The van der Waals surface area contributed by atoms with Crippen LogP contribution in [0.5, 0.6) is 0 Å². The number of thiocarbonyl (C=S) groups is 1. The average Bonchev–Trinajstić information content (AvgIpc) is 3.35. The number of benzene rings is 2. The Morgan fingerprint density at radius 2 is 1.80 bits per heavy atom. The summed E-state index contributed by atoms with van der Waals surface area (Å²) >= 11 is 10.6. The van der Waals surface area contributed by atoms with Crippen LogP contribution in [0.15, 0.2) is 65.1 Å². The van der Waals surface area contributed by atoms with E-state index in [2.05, 4.69) is 55.9 Å². The van der Waals surface area contributed by atoms with Crippen LogP contribution in [0.3, 0.4) is 0 Å². The fourth-order valence-electron chi connectivity index (χ4n) is 3.72. The summed E-state index contributed by atoms with van der Waals surface area (Å²) in [5.74, 6) is -0.402. The molecule has 0 bridgehead atoms. The smallest absolute Gasteiger partial charge is 0.340 e. The summed E-state index contributed by atoms with van der Waals surface area (Å²) in [6.45, 7) is 4.61. The highest BCUT2D eigenvalue weighted by Crippen LogP contribution is 2.31. The highest BCUT2D eigenvalue weighted by atomic mass is 79.9. The molecule has 4 aromatic rings. The lowest BCUT2D eigenvalue weighted by Crippen LogP contribution is -2.20. The van der Waals surface area contributed by atoms with E-state index < -0.39 is 5.97 Å². The van der Waals surface area contributed by atoms with Gasteiger partial charge >= 0.3 is 5.97 Å². The van der Waals surface area contributed by atoms with Gasteiger partial charge in [-0.2, -0.15) is 5.10 Å². The number of thiophene rings is 1. The molecule has 0 saturated carbocycles. The highest BCUT2D eigenvalue weighted by molar-refractivity contribution is 9.10. The number of nitrogens with one attached hydrogen (secondary N) is 2. The van der Waals surface area contributed by atoms with Gasteiger partial charge in [-0.1, -0.05) is 58.4 Å². The highest BCUT2D eigenvalue weighted by Gasteiger charge is 2.19. The molecule has 0 aliphatic heterocycles. The maximum Gasteiger partial charge on any atom is 0.340 e. The second-order valence-corrected chi connectivity index (χ2v) is 10.5. The van der Waals surface area contributed by atoms with Crippen molar-refractivity contribution in [2.75, 3.05) is 17.7 Å².